The molecule has 1 aromatic carbocycles. The maximum atomic E-state index is 12.4. The summed E-state index contributed by atoms with van der Waals surface area (Å²) in [6, 6.07) is 12.1. The van der Waals surface area contributed by atoms with E-state index >= 15 is 0 Å². The number of carbonyl (C=O) groups excluding carboxylic acids is 3. The Balaban J connectivity index is 1.97. The van der Waals surface area contributed by atoms with Crippen LogP contribution in [0.1, 0.15) is 29.4 Å². The van der Waals surface area contributed by atoms with Gasteiger partial charge in [-0.15, -0.1) is 0 Å². The molecule has 2 aromatic rings. The molecule has 1 atom stereocenters. The fraction of sp³-hybridized carbons (Fsp3) is 0.333. The number of urea groups is 1. The van der Waals surface area contributed by atoms with Crippen molar-refractivity contribution in [1.82, 2.24) is 15.2 Å². The van der Waals surface area contributed by atoms with Crippen LogP contribution in [0.3, 0.4) is 0 Å². The number of ether oxygens (including phenoxy) is 2. The van der Waals surface area contributed by atoms with E-state index in [0.717, 1.165) is 17.0 Å². The number of aromatic nitrogens is 1. The van der Waals surface area contributed by atoms with E-state index in [2.05, 4.69) is 10.6 Å². The lowest BCUT2D eigenvalue weighted by atomic mass is 10.1. The van der Waals surface area contributed by atoms with Gasteiger partial charge >= 0.3 is 12.0 Å². The van der Waals surface area contributed by atoms with Crippen molar-refractivity contribution >= 4 is 24.0 Å². The highest BCUT2D eigenvalue weighted by Gasteiger charge is 2.22. The lowest BCUT2D eigenvalue weighted by molar-refractivity contribution is -0.150. The lowest BCUT2D eigenvalue weighted by Crippen LogP contribution is -2.44. The summed E-state index contributed by atoms with van der Waals surface area (Å²) in [5.41, 5.74) is 3.12. The number of nitriles is 1. The number of carbonyl (C=O) groups is 3. The average Bonchev–Trinajstić information content (AvgIpc) is 3.07. The van der Waals surface area contributed by atoms with Crippen LogP contribution in [0.4, 0.5) is 4.79 Å². The number of hydrogen-bond donors (Lipinski definition) is 2. The molecular formula is C24H28N4O5. The van der Waals surface area contributed by atoms with E-state index in [4.69, 9.17) is 9.47 Å². The Kier molecular flexibility index (Phi) is 9.39. The fourth-order valence-electron chi connectivity index (χ4n) is 3.11. The summed E-state index contributed by atoms with van der Waals surface area (Å²) in [4.78, 5) is 36.6. The first-order valence-corrected chi connectivity index (χ1v) is 10.4. The SMILES string of the molecule is COCCn1c(C)cc(/C=C(\C#N)C(=O)OC(C)C(=O)NC(=O)NCc2ccccc2)c1C. The van der Waals surface area contributed by atoms with Gasteiger partial charge in [0.2, 0.25) is 0 Å². The third-order valence-electron chi connectivity index (χ3n) is 4.96. The minimum Gasteiger partial charge on any atom is -0.448 e. The topological polar surface area (TPSA) is 122 Å². The van der Waals surface area contributed by atoms with Gasteiger partial charge in [-0.25, -0.2) is 9.59 Å². The molecule has 0 saturated heterocycles. The lowest BCUT2D eigenvalue weighted by Gasteiger charge is -2.13. The molecule has 0 spiro atoms. The second kappa shape index (κ2) is 12.2. The highest BCUT2D eigenvalue weighted by atomic mass is 16.5. The van der Waals surface area contributed by atoms with Gasteiger partial charge in [-0.2, -0.15) is 5.26 Å². The molecule has 174 valence electrons. The van der Waals surface area contributed by atoms with Gasteiger partial charge in [0.1, 0.15) is 11.6 Å². The molecule has 9 heteroatoms. The van der Waals surface area contributed by atoms with Crippen molar-refractivity contribution in [1.29, 1.82) is 5.26 Å². The van der Waals surface area contributed by atoms with Crippen LogP contribution >= 0.6 is 0 Å². The zero-order chi connectivity index (χ0) is 24.4. The van der Waals surface area contributed by atoms with Crippen LogP contribution in [0.25, 0.3) is 6.08 Å². The number of methoxy groups -OCH3 is 1. The number of nitrogens with zero attached hydrogens (tertiary/aromatic N) is 2. The number of esters is 1. The van der Waals surface area contributed by atoms with Crippen LogP contribution in [-0.2, 0) is 32.2 Å². The van der Waals surface area contributed by atoms with Gasteiger partial charge in [0.05, 0.1) is 6.61 Å². The molecular weight excluding hydrogens is 424 g/mol. The Bertz CT molecular complexity index is 1070. The average molecular weight is 453 g/mol. The number of aryl methyl sites for hydroxylation is 1. The Morgan fingerprint density at radius 1 is 1.21 bits per heavy atom. The van der Waals surface area contributed by atoms with Crippen LogP contribution in [0.15, 0.2) is 42.0 Å². The molecule has 1 aromatic heterocycles. The van der Waals surface area contributed by atoms with E-state index in [1.54, 1.807) is 7.11 Å². The zero-order valence-corrected chi connectivity index (χ0v) is 19.2. The van der Waals surface area contributed by atoms with E-state index in [1.165, 1.54) is 13.0 Å². The Morgan fingerprint density at radius 3 is 2.55 bits per heavy atom. The summed E-state index contributed by atoms with van der Waals surface area (Å²) in [5.74, 6) is -1.75. The third kappa shape index (κ3) is 7.33. The van der Waals surface area contributed by atoms with Crippen molar-refractivity contribution in [2.75, 3.05) is 13.7 Å². The second-order valence-electron chi connectivity index (χ2n) is 7.35. The summed E-state index contributed by atoms with van der Waals surface area (Å²) in [5, 5.41) is 14.1. The van der Waals surface area contributed by atoms with Gasteiger partial charge in [-0.05, 0) is 44.0 Å². The normalized spacial score (nSPS) is 11.9. The summed E-state index contributed by atoms with van der Waals surface area (Å²) in [6.45, 7) is 6.51. The molecule has 0 aliphatic carbocycles. The molecule has 3 amide bonds. The molecule has 2 N–H and O–H groups in total. The Hall–Kier alpha value is -3.90. The number of amides is 3. The van der Waals surface area contributed by atoms with E-state index in [1.807, 2.05) is 60.9 Å². The van der Waals surface area contributed by atoms with Gasteiger partial charge in [0.25, 0.3) is 5.91 Å². The first kappa shape index (κ1) is 25.4. The minimum atomic E-state index is -1.27. The largest absolute Gasteiger partial charge is 0.448 e. The molecule has 1 heterocycles. The monoisotopic (exact) mass is 452 g/mol. The maximum Gasteiger partial charge on any atom is 0.349 e. The van der Waals surface area contributed by atoms with E-state index in [9.17, 15) is 19.6 Å². The van der Waals surface area contributed by atoms with Gasteiger partial charge in [0, 0.05) is 31.6 Å². The number of benzene rings is 1. The van der Waals surface area contributed by atoms with Crippen molar-refractivity contribution in [3.05, 3.63) is 64.5 Å². The predicted octanol–water partition coefficient (Wildman–Crippen LogP) is 2.62. The fourth-order valence-corrected chi connectivity index (χ4v) is 3.11. The van der Waals surface area contributed by atoms with Crippen LogP contribution in [0.2, 0.25) is 0 Å². The number of rotatable bonds is 9. The molecule has 0 bridgehead atoms. The van der Waals surface area contributed by atoms with E-state index in [0.29, 0.717) is 18.7 Å². The minimum absolute atomic E-state index is 0.234. The molecule has 9 nitrogen and oxygen atoms in total. The van der Waals surface area contributed by atoms with Crippen molar-refractivity contribution in [2.45, 2.75) is 40.0 Å². The third-order valence-corrected chi connectivity index (χ3v) is 4.96. The molecule has 0 fully saturated rings. The number of hydrogen-bond acceptors (Lipinski definition) is 6. The van der Waals surface area contributed by atoms with Crippen molar-refractivity contribution in [3.8, 4) is 6.07 Å². The highest BCUT2D eigenvalue weighted by molar-refractivity contribution is 6.01. The van der Waals surface area contributed by atoms with E-state index < -0.39 is 24.0 Å². The first-order chi connectivity index (χ1) is 15.8. The predicted molar refractivity (Wildman–Crippen MR) is 122 cm³/mol. The van der Waals surface area contributed by atoms with Crippen molar-refractivity contribution in [3.63, 3.8) is 0 Å². The zero-order valence-electron chi connectivity index (χ0n) is 19.2. The molecule has 1 unspecified atom stereocenters. The highest BCUT2D eigenvalue weighted by Crippen LogP contribution is 2.19. The van der Waals surface area contributed by atoms with E-state index in [-0.39, 0.29) is 12.1 Å². The molecule has 2 rings (SSSR count). The van der Waals surface area contributed by atoms with Crippen LogP contribution in [-0.4, -0.2) is 42.3 Å². The van der Waals surface area contributed by atoms with Crippen LogP contribution in [0, 0.1) is 25.2 Å². The summed E-state index contributed by atoms with van der Waals surface area (Å²) in [6.07, 6.45) is 0.149. The smallest absolute Gasteiger partial charge is 0.349 e. The Morgan fingerprint density at radius 2 is 1.91 bits per heavy atom. The maximum absolute atomic E-state index is 12.4. The standard InChI is InChI=1S/C24H28N4O5/c1-16-12-20(17(2)28(16)10-11-32-4)13-21(14-25)23(30)33-18(3)22(29)27-24(31)26-15-19-8-6-5-7-9-19/h5-9,12-13,18H,10-11,15H2,1-4H3,(H2,26,27,29,31)/b21-13+. The Labute approximate surface area is 193 Å². The molecule has 33 heavy (non-hydrogen) atoms. The first-order valence-electron chi connectivity index (χ1n) is 10.4. The molecule has 0 saturated carbocycles. The van der Waals surface area contributed by atoms with Crippen molar-refractivity contribution in [2.24, 2.45) is 0 Å². The van der Waals surface area contributed by atoms with Crippen LogP contribution < -0.4 is 10.6 Å². The van der Waals surface area contributed by atoms with Gasteiger partial charge < -0.3 is 19.4 Å². The number of nitrogens with one attached hydrogen (secondary N) is 2. The summed E-state index contributed by atoms with van der Waals surface area (Å²) >= 11 is 0. The second-order valence-corrected chi connectivity index (χ2v) is 7.35. The summed E-state index contributed by atoms with van der Waals surface area (Å²) < 4.78 is 12.2. The summed E-state index contributed by atoms with van der Waals surface area (Å²) in [7, 11) is 1.61. The van der Waals surface area contributed by atoms with Gasteiger partial charge in [-0.1, -0.05) is 30.3 Å². The molecule has 0 aliphatic heterocycles. The quantitative estimate of drug-likeness (QED) is 0.343. The van der Waals surface area contributed by atoms with Gasteiger partial charge in [0.15, 0.2) is 6.10 Å². The van der Waals surface area contributed by atoms with Gasteiger partial charge in [-0.3, -0.25) is 10.1 Å². The number of imide groups is 1. The van der Waals surface area contributed by atoms with Crippen LogP contribution in [0.5, 0.6) is 0 Å². The molecule has 0 aliphatic rings. The molecule has 0 radical (unpaired) electrons. The van der Waals surface area contributed by atoms with Crippen molar-refractivity contribution < 1.29 is 23.9 Å².